The molecule has 0 saturated carbocycles. The molecule has 0 saturated heterocycles. The van der Waals surface area contributed by atoms with E-state index in [1.54, 1.807) is 6.20 Å². The normalized spacial score (nSPS) is 12.1. The Balaban J connectivity index is 2.56. The molecule has 0 aliphatic carbocycles. The first-order valence-corrected chi connectivity index (χ1v) is 6.40. The van der Waals surface area contributed by atoms with E-state index in [2.05, 4.69) is 15.0 Å². The number of aromatic nitrogens is 1. The zero-order chi connectivity index (χ0) is 14.1. The van der Waals surface area contributed by atoms with Crippen molar-refractivity contribution in [3.63, 3.8) is 0 Å². The van der Waals surface area contributed by atoms with Crippen LogP contribution in [0.5, 0.6) is 0 Å². The largest absolute Gasteiger partial charge is 0.409 e. The van der Waals surface area contributed by atoms with Crippen molar-refractivity contribution in [3.05, 3.63) is 29.6 Å². The van der Waals surface area contributed by atoms with E-state index < -0.39 is 0 Å². The molecule has 0 amide bonds. The van der Waals surface area contributed by atoms with Crippen molar-refractivity contribution < 1.29 is 10.3 Å². The van der Waals surface area contributed by atoms with Crippen LogP contribution >= 0.6 is 0 Å². The molecule has 0 radical (unpaired) electrons. The van der Waals surface area contributed by atoms with Crippen LogP contribution in [0.2, 0.25) is 0 Å². The van der Waals surface area contributed by atoms with Crippen LogP contribution in [0, 0.1) is 0 Å². The molecule has 6 heteroatoms. The number of aliphatic hydroxyl groups excluding tert-OH is 1. The Bertz CT molecular complexity index is 409. The Morgan fingerprint density at radius 2 is 2.21 bits per heavy atom. The van der Waals surface area contributed by atoms with Crippen molar-refractivity contribution in [1.82, 2.24) is 9.88 Å². The molecule has 0 spiro atoms. The Morgan fingerprint density at radius 3 is 2.89 bits per heavy atom. The molecule has 6 nitrogen and oxygen atoms in total. The summed E-state index contributed by atoms with van der Waals surface area (Å²) in [6.45, 7) is 1.88. The molecule has 0 unspecified atom stereocenters. The number of amidine groups is 1. The fraction of sp³-hybridized carbons (Fsp3) is 0.538. The van der Waals surface area contributed by atoms with Gasteiger partial charge < -0.3 is 20.9 Å². The lowest BCUT2D eigenvalue weighted by Crippen LogP contribution is -2.23. The summed E-state index contributed by atoms with van der Waals surface area (Å²) in [7, 11) is 2.02. The minimum Gasteiger partial charge on any atom is -0.409 e. The van der Waals surface area contributed by atoms with E-state index in [0.717, 1.165) is 31.4 Å². The summed E-state index contributed by atoms with van der Waals surface area (Å²) < 4.78 is 0. The van der Waals surface area contributed by atoms with Crippen LogP contribution in [0.1, 0.15) is 30.5 Å². The van der Waals surface area contributed by atoms with Gasteiger partial charge in [0, 0.05) is 19.3 Å². The average molecular weight is 266 g/mol. The van der Waals surface area contributed by atoms with Gasteiger partial charge in [0.2, 0.25) is 0 Å². The van der Waals surface area contributed by atoms with Crippen LogP contribution in [0.15, 0.2) is 23.5 Å². The van der Waals surface area contributed by atoms with Crippen molar-refractivity contribution >= 4 is 5.84 Å². The molecule has 0 aliphatic heterocycles. The van der Waals surface area contributed by atoms with Crippen LogP contribution < -0.4 is 5.73 Å². The fourth-order valence-corrected chi connectivity index (χ4v) is 1.88. The van der Waals surface area contributed by atoms with E-state index in [-0.39, 0.29) is 12.4 Å². The molecule has 19 heavy (non-hydrogen) atoms. The highest BCUT2D eigenvalue weighted by molar-refractivity contribution is 5.96. The number of hydrogen-bond donors (Lipinski definition) is 3. The third-order valence-corrected chi connectivity index (χ3v) is 2.88. The number of aliphatic hydroxyl groups is 1. The van der Waals surface area contributed by atoms with Crippen molar-refractivity contribution in [1.29, 1.82) is 0 Å². The number of nitrogens with zero attached hydrogens (tertiary/aromatic N) is 3. The van der Waals surface area contributed by atoms with E-state index in [1.165, 1.54) is 0 Å². The summed E-state index contributed by atoms with van der Waals surface area (Å²) >= 11 is 0. The van der Waals surface area contributed by atoms with E-state index in [1.807, 2.05) is 19.2 Å². The van der Waals surface area contributed by atoms with Crippen molar-refractivity contribution in [3.8, 4) is 0 Å². The maximum atomic E-state index is 8.73. The number of nitrogens with two attached hydrogens (primary N) is 1. The molecule has 4 N–H and O–H groups in total. The molecule has 106 valence electrons. The van der Waals surface area contributed by atoms with Crippen LogP contribution in [0.4, 0.5) is 0 Å². The van der Waals surface area contributed by atoms with Crippen molar-refractivity contribution in [2.24, 2.45) is 10.9 Å². The van der Waals surface area contributed by atoms with E-state index in [9.17, 15) is 0 Å². The zero-order valence-corrected chi connectivity index (χ0v) is 11.3. The predicted octanol–water partition coefficient (Wildman–Crippen LogP) is 0.770. The number of oxime groups is 1. The summed E-state index contributed by atoms with van der Waals surface area (Å²) in [4.78, 5) is 6.29. The second-order valence-corrected chi connectivity index (χ2v) is 4.52. The average Bonchev–Trinajstić information content (AvgIpc) is 2.43. The zero-order valence-electron chi connectivity index (χ0n) is 11.3. The summed E-state index contributed by atoms with van der Waals surface area (Å²) in [5.41, 5.74) is 7.06. The molecule has 0 bridgehead atoms. The highest BCUT2D eigenvalue weighted by Crippen LogP contribution is 2.09. The van der Waals surface area contributed by atoms with Crippen molar-refractivity contribution in [2.45, 2.75) is 25.8 Å². The monoisotopic (exact) mass is 266 g/mol. The number of hydrogen-bond acceptors (Lipinski definition) is 5. The first kappa shape index (κ1) is 15.4. The molecule has 1 heterocycles. The summed E-state index contributed by atoms with van der Waals surface area (Å²) in [5.74, 6) is 0.0317. The fourth-order valence-electron chi connectivity index (χ4n) is 1.88. The molecule has 1 aromatic rings. The van der Waals surface area contributed by atoms with E-state index in [0.29, 0.717) is 12.2 Å². The third-order valence-electron chi connectivity index (χ3n) is 2.88. The predicted molar refractivity (Wildman–Crippen MR) is 74.0 cm³/mol. The van der Waals surface area contributed by atoms with Crippen LogP contribution in [-0.4, -0.2) is 46.2 Å². The Hall–Kier alpha value is -1.66. The Kier molecular flexibility index (Phi) is 6.84. The van der Waals surface area contributed by atoms with Gasteiger partial charge >= 0.3 is 0 Å². The van der Waals surface area contributed by atoms with Gasteiger partial charge in [0.1, 0.15) is 5.69 Å². The van der Waals surface area contributed by atoms with Crippen LogP contribution in [0.3, 0.4) is 0 Å². The highest BCUT2D eigenvalue weighted by Gasteiger charge is 2.10. The number of rotatable bonds is 8. The summed E-state index contributed by atoms with van der Waals surface area (Å²) in [6, 6.07) is 3.76. The topological polar surface area (TPSA) is 95.0 Å². The summed E-state index contributed by atoms with van der Waals surface area (Å²) in [6.07, 6.45) is 4.52. The van der Waals surface area contributed by atoms with E-state index >= 15 is 0 Å². The molecule has 1 aromatic heterocycles. The number of pyridine rings is 1. The van der Waals surface area contributed by atoms with Gasteiger partial charge in [-0.2, -0.15) is 0 Å². The summed E-state index contributed by atoms with van der Waals surface area (Å²) in [5, 5.41) is 20.5. The lowest BCUT2D eigenvalue weighted by molar-refractivity contribution is 0.271. The lowest BCUT2D eigenvalue weighted by Gasteiger charge is -2.17. The molecule has 0 fully saturated rings. The second kappa shape index (κ2) is 8.44. The minimum absolute atomic E-state index is 0.0317. The minimum atomic E-state index is 0.0317. The SMILES string of the molecule is CN(CCCCCO)Cc1cccnc1/C(N)=N/O. The molecule has 0 atom stereocenters. The first-order chi connectivity index (χ1) is 9.19. The van der Waals surface area contributed by atoms with E-state index in [4.69, 9.17) is 16.0 Å². The van der Waals surface area contributed by atoms with Crippen molar-refractivity contribution in [2.75, 3.05) is 20.2 Å². The van der Waals surface area contributed by atoms with Gasteiger partial charge in [-0.15, -0.1) is 0 Å². The van der Waals surface area contributed by atoms with Gasteiger partial charge in [0.05, 0.1) is 0 Å². The second-order valence-electron chi connectivity index (χ2n) is 4.52. The van der Waals surface area contributed by atoms with Gasteiger partial charge in [-0.3, -0.25) is 4.98 Å². The van der Waals surface area contributed by atoms with Gasteiger partial charge in [-0.25, -0.2) is 0 Å². The standard InChI is InChI=1S/C13H22N4O2/c1-17(8-3-2-4-9-18)10-11-6-5-7-15-12(11)13(14)16-19/h5-7,18-19H,2-4,8-10H2,1H3,(H2,14,16). The maximum absolute atomic E-state index is 8.73. The third kappa shape index (κ3) is 5.23. The van der Waals surface area contributed by atoms with Crippen LogP contribution in [-0.2, 0) is 6.54 Å². The molecule has 0 aromatic carbocycles. The smallest absolute Gasteiger partial charge is 0.189 e. The number of unbranched alkanes of at least 4 members (excludes halogenated alkanes) is 2. The quantitative estimate of drug-likeness (QED) is 0.212. The lowest BCUT2D eigenvalue weighted by atomic mass is 10.1. The molecule has 0 aliphatic rings. The molecule has 1 rings (SSSR count). The van der Waals surface area contributed by atoms with Gasteiger partial charge in [0.25, 0.3) is 0 Å². The highest BCUT2D eigenvalue weighted by atomic mass is 16.4. The van der Waals surface area contributed by atoms with Gasteiger partial charge in [0.15, 0.2) is 5.84 Å². The van der Waals surface area contributed by atoms with Gasteiger partial charge in [-0.05, 0) is 44.5 Å². The van der Waals surface area contributed by atoms with Crippen LogP contribution in [0.25, 0.3) is 0 Å². The molecular weight excluding hydrogens is 244 g/mol. The van der Waals surface area contributed by atoms with Gasteiger partial charge in [-0.1, -0.05) is 11.2 Å². The first-order valence-electron chi connectivity index (χ1n) is 6.40. The Morgan fingerprint density at radius 1 is 1.42 bits per heavy atom. The molecular formula is C13H22N4O2. The maximum Gasteiger partial charge on any atom is 0.189 e. The Labute approximate surface area is 113 Å².